The maximum Gasteiger partial charge on any atom is 0.329 e. The molecule has 1 atom stereocenters. The molecule has 1 unspecified atom stereocenters. The van der Waals surface area contributed by atoms with Gasteiger partial charge in [0.15, 0.2) is 0 Å². The predicted molar refractivity (Wildman–Crippen MR) is 81.1 cm³/mol. The first-order chi connectivity index (χ1) is 9.61. The molecule has 2 N–H and O–H groups in total. The summed E-state index contributed by atoms with van der Waals surface area (Å²) in [4.78, 5) is 25.9. The SMILES string of the molecule is CCCC1(C(=O)O)CCCN1C(=O)NC1C(C)(C)C1(C)C. The van der Waals surface area contributed by atoms with Crippen LogP contribution in [0.5, 0.6) is 0 Å². The highest BCUT2D eigenvalue weighted by atomic mass is 16.4. The molecule has 2 aliphatic rings. The molecule has 2 rings (SSSR count). The normalized spacial score (nSPS) is 30.2. The lowest BCUT2D eigenvalue weighted by Crippen LogP contribution is -2.56. The Bertz CT molecular complexity index is 444. The first-order valence-corrected chi connectivity index (χ1v) is 7.93. The average Bonchev–Trinajstić information content (AvgIpc) is 2.71. The number of nitrogens with one attached hydrogen (secondary N) is 1. The van der Waals surface area contributed by atoms with Crippen LogP contribution in [0.4, 0.5) is 4.79 Å². The summed E-state index contributed by atoms with van der Waals surface area (Å²) in [7, 11) is 0. The number of rotatable bonds is 4. The maximum absolute atomic E-state index is 12.6. The molecule has 0 aromatic rings. The average molecular weight is 296 g/mol. The number of hydrogen-bond acceptors (Lipinski definition) is 2. The second kappa shape index (κ2) is 4.89. The molecule has 2 fully saturated rings. The van der Waals surface area contributed by atoms with Gasteiger partial charge in [0.1, 0.15) is 5.54 Å². The van der Waals surface area contributed by atoms with Crippen LogP contribution >= 0.6 is 0 Å². The lowest BCUT2D eigenvalue weighted by Gasteiger charge is -2.34. The van der Waals surface area contributed by atoms with Crippen molar-refractivity contribution in [3.63, 3.8) is 0 Å². The van der Waals surface area contributed by atoms with E-state index in [4.69, 9.17) is 0 Å². The van der Waals surface area contributed by atoms with Crippen molar-refractivity contribution in [3.8, 4) is 0 Å². The summed E-state index contributed by atoms with van der Waals surface area (Å²) >= 11 is 0. The molecule has 120 valence electrons. The molecule has 0 radical (unpaired) electrons. The number of likely N-dealkylation sites (tertiary alicyclic amines) is 1. The summed E-state index contributed by atoms with van der Waals surface area (Å²) in [6.45, 7) is 11.0. The van der Waals surface area contributed by atoms with Crippen LogP contribution in [0.3, 0.4) is 0 Å². The fraction of sp³-hybridized carbons (Fsp3) is 0.875. The second-order valence-electron chi connectivity index (χ2n) is 7.67. The van der Waals surface area contributed by atoms with E-state index in [0.717, 1.165) is 12.8 Å². The molecule has 1 heterocycles. The van der Waals surface area contributed by atoms with Gasteiger partial charge in [0.2, 0.25) is 0 Å². The third-order valence-electron chi connectivity index (χ3n) is 6.08. The molecule has 1 aliphatic heterocycles. The monoisotopic (exact) mass is 296 g/mol. The highest BCUT2D eigenvalue weighted by molar-refractivity contribution is 5.87. The standard InChI is InChI=1S/C16H28N2O3/c1-6-8-16(12(19)20)9-7-10-18(16)13(21)17-11-14(2,3)15(11,4)5/h11H,6-10H2,1-5H3,(H,17,21)(H,19,20). The van der Waals surface area contributed by atoms with Crippen molar-refractivity contribution in [2.24, 2.45) is 10.8 Å². The summed E-state index contributed by atoms with van der Waals surface area (Å²) in [5.41, 5.74) is -0.903. The topological polar surface area (TPSA) is 69.6 Å². The van der Waals surface area contributed by atoms with E-state index >= 15 is 0 Å². The number of hydrogen-bond donors (Lipinski definition) is 2. The minimum Gasteiger partial charge on any atom is -0.479 e. The zero-order chi connectivity index (χ0) is 16.1. The first-order valence-electron chi connectivity index (χ1n) is 7.93. The summed E-state index contributed by atoms with van der Waals surface area (Å²) < 4.78 is 0. The lowest BCUT2D eigenvalue weighted by atomic mass is 9.91. The number of carbonyl (C=O) groups excluding carboxylic acids is 1. The van der Waals surface area contributed by atoms with Crippen LogP contribution in [0.25, 0.3) is 0 Å². The van der Waals surface area contributed by atoms with E-state index in [1.807, 2.05) is 6.92 Å². The highest BCUT2D eigenvalue weighted by Crippen LogP contribution is 2.62. The van der Waals surface area contributed by atoms with Gasteiger partial charge in [0.05, 0.1) is 0 Å². The van der Waals surface area contributed by atoms with Crippen LogP contribution < -0.4 is 5.32 Å². The Morgan fingerprint density at radius 1 is 1.24 bits per heavy atom. The molecule has 1 saturated carbocycles. The molecular formula is C16H28N2O3. The number of aliphatic carboxylic acids is 1. The van der Waals surface area contributed by atoms with Crippen molar-refractivity contribution in [2.45, 2.75) is 71.9 Å². The van der Waals surface area contributed by atoms with E-state index in [2.05, 4.69) is 33.0 Å². The lowest BCUT2D eigenvalue weighted by molar-refractivity contribution is -0.148. The van der Waals surface area contributed by atoms with Crippen LogP contribution in [-0.2, 0) is 4.79 Å². The number of carboxylic acid groups (broad SMARTS) is 1. The minimum absolute atomic E-state index is 0.0546. The summed E-state index contributed by atoms with van der Waals surface area (Å²) in [5.74, 6) is -0.869. The molecule has 0 aromatic carbocycles. The fourth-order valence-corrected chi connectivity index (χ4v) is 3.94. The van der Waals surface area contributed by atoms with E-state index in [1.165, 1.54) is 0 Å². The van der Waals surface area contributed by atoms with Gasteiger partial charge in [-0.05, 0) is 30.1 Å². The molecule has 0 aromatic heterocycles. The molecular weight excluding hydrogens is 268 g/mol. The van der Waals surface area contributed by atoms with Crippen molar-refractivity contribution in [2.75, 3.05) is 6.54 Å². The Kier molecular flexibility index (Phi) is 3.75. The van der Waals surface area contributed by atoms with Gasteiger partial charge in [-0.3, -0.25) is 0 Å². The van der Waals surface area contributed by atoms with Gasteiger partial charge in [-0.25, -0.2) is 9.59 Å². The summed E-state index contributed by atoms with van der Waals surface area (Å²) in [6, 6.07) is -0.113. The number of nitrogens with zero attached hydrogens (tertiary/aromatic N) is 1. The van der Waals surface area contributed by atoms with Gasteiger partial charge in [0.25, 0.3) is 0 Å². The van der Waals surface area contributed by atoms with E-state index in [0.29, 0.717) is 19.4 Å². The van der Waals surface area contributed by atoms with E-state index in [1.54, 1.807) is 4.90 Å². The first kappa shape index (κ1) is 16.1. The highest BCUT2D eigenvalue weighted by Gasteiger charge is 2.66. The number of carboxylic acids is 1. The van der Waals surface area contributed by atoms with Gasteiger partial charge in [-0.2, -0.15) is 0 Å². The zero-order valence-corrected chi connectivity index (χ0v) is 13.8. The van der Waals surface area contributed by atoms with E-state index < -0.39 is 11.5 Å². The molecule has 5 heteroatoms. The quantitative estimate of drug-likeness (QED) is 0.838. The maximum atomic E-state index is 12.6. The Hall–Kier alpha value is -1.26. The third-order valence-corrected chi connectivity index (χ3v) is 6.08. The van der Waals surface area contributed by atoms with Crippen molar-refractivity contribution >= 4 is 12.0 Å². The van der Waals surface area contributed by atoms with Gasteiger partial charge in [0, 0.05) is 12.6 Å². The molecule has 21 heavy (non-hydrogen) atoms. The Morgan fingerprint density at radius 3 is 2.24 bits per heavy atom. The van der Waals surface area contributed by atoms with Gasteiger partial charge in [-0.15, -0.1) is 0 Å². The van der Waals surface area contributed by atoms with Crippen molar-refractivity contribution in [1.82, 2.24) is 10.2 Å². The van der Waals surface area contributed by atoms with Crippen LogP contribution in [0.1, 0.15) is 60.3 Å². The molecule has 1 saturated heterocycles. The fourth-order valence-electron chi connectivity index (χ4n) is 3.94. The molecule has 1 aliphatic carbocycles. The molecule has 2 amide bonds. The van der Waals surface area contributed by atoms with Crippen molar-refractivity contribution < 1.29 is 14.7 Å². The smallest absolute Gasteiger partial charge is 0.329 e. The van der Waals surface area contributed by atoms with Crippen LogP contribution in [-0.4, -0.2) is 40.1 Å². The summed E-state index contributed by atoms with van der Waals surface area (Å²) in [5, 5.41) is 12.7. The predicted octanol–water partition coefficient (Wildman–Crippen LogP) is 2.85. The Labute approximate surface area is 127 Å². The van der Waals surface area contributed by atoms with Gasteiger partial charge < -0.3 is 15.3 Å². The molecule has 5 nitrogen and oxygen atoms in total. The van der Waals surface area contributed by atoms with Crippen LogP contribution in [0, 0.1) is 10.8 Å². The summed E-state index contributed by atoms with van der Waals surface area (Å²) in [6.07, 6.45) is 2.60. The van der Waals surface area contributed by atoms with Crippen LogP contribution in [0.2, 0.25) is 0 Å². The van der Waals surface area contributed by atoms with Crippen molar-refractivity contribution in [3.05, 3.63) is 0 Å². The number of urea groups is 1. The van der Waals surface area contributed by atoms with Gasteiger partial charge in [-0.1, -0.05) is 41.0 Å². The van der Waals surface area contributed by atoms with E-state index in [-0.39, 0.29) is 22.9 Å². The largest absolute Gasteiger partial charge is 0.479 e. The Morgan fingerprint density at radius 2 is 1.81 bits per heavy atom. The van der Waals surface area contributed by atoms with E-state index in [9.17, 15) is 14.7 Å². The number of amides is 2. The zero-order valence-electron chi connectivity index (χ0n) is 13.8. The minimum atomic E-state index is -1.01. The van der Waals surface area contributed by atoms with Crippen LogP contribution in [0.15, 0.2) is 0 Å². The molecule has 0 spiro atoms. The number of carbonyl (C=O) groups is 2. The van der Waals surface area contributed by atoms with Gasteiger partial charge >= 0.3 is 12.0 Å². The Balaban J connectivity index is 2.14. The third kappa shape index (κ3) is 2.21. The molecule has 0 bridgehead atoms. The van der Waals surface area contributed by atoms with Crippen molar-refractivity contribution in [1.29, 1.82) is 0 Å². The second-order valence-corrected chi connectivity index (χ2v) is 7.67.